The number of likely N-dealkylation sites (N-methyl/N-ethyl adjacent to an activating group) is 1. The Morgan fingerprint density at radius 2 is 1.15 bits per heavy atom. The Morgan fingerprint density at radius 1 is 0.758 bits per heavy atom. The lowest BCUT2D eigenvalue weighted by Crippen LogP contribution is -2.57. The monoisotopic (exact) mass is 468 g/mol. The average Bonchev–Trinajstić information content (AvgIpc) is 2.76. The number of aliphatic carboxylic acids is 1. The maximum Gasteiger partial charge on any atom is 0.333 e. The highest BCUT2D eigenvalue weighted by atomic mass is 16.6. The van der Waals surface area contributed by atoms with Crippen molar-refractivity contribution in [1.82, 2.24) is 4.90 Å². The van der Waals surface area contributed by atoms with Crippen molar-refractivity contribution in [2.24, 2.45) is 5.73 Å². The molecule has 1 amide bonds. The van der Waals surface area contributed by atoms with Crippen LogP contribution >= 0.6 is 0 Å². The first-order valence-corrected chi connectivity index (χ1v) is 12.9. The summed E-state index contributed by atoms with van der Waals surface area (Å²) in [6, 6.07) is 0. The second-order valence-corrected chi connectivity index (χ2v) is 9.19. The van der Waals surface area contributed by atoms with E-state index in [1.807, 2.05) is 0 Å². The summed E-state index contributed by atoms with van der Waals surface area (Å²) in [5.41, 5.74) is 3.97. The molecule has 192 valence electrons. The number of carboxylic acids is 1. The van der Waals surface area contributed by atoms with Crippen molar-refractivity contribution >= 4 is 17.8 Å². The Morgan fingerprint density at radius 3 is 1.48 bits per heavy atom. The van der Waals surface area contributed by atoms with E-state index < -0.39 is 23.6 Å². The number of hydrogen-bond donors (Lipinski definition) is 2. The molecule has 0 aliphatic rings. The Bertz CT molecular complexity index is 577. The Kier molecular flexibility index (Phi) is 18.4. The number of carbonyl (C=O) groups is 3. The molecule has 0 radical (unpaired) electrons. The predicted octanol–water partition coefficient (Wildman–Crippen LogP) is 5.57. The van der Waals surface area contributed by atoms with Gasteiger partial charge in [-0.25, -0.2) is 9.59 Å². The Balaban J connectivity index is 3.98. The fourth-order valence-electron chi connectivity index (χ4n) is 4.01. The number of esters is 1. The first kappa shape index (κ1) is 31.1. The first-order valence-electron chi connectivity index (χ1n) is 12.9. The van der Waals surface area contributed by atoms with Crippen molar-refractivity contribution in [2.75, 3.05) is 14.1 Å². The van der Waals surface area contributed by atoms with Crippen LogP contribution in [0.5, 0.6) is 0 Å². The van der Waals surface area contributed by atoms with Crippen LogP contribution in [0.25, 0.3) is 0 Å². The number of amides is 1. The molecule has 0 bridgehead atoms. The smallest absolute Gasteiger partial charge is 0.333 e. The fraction of sp³-hybridized carbons (Fsp3) is 0.808. The number of nitrogens with two attached hydrogens (primary N) is 1. The zero-order chi connectivity index (χ0) is 25.0. The second kappa shape index (κ2) is 19.6. The molecule has 0 heterocycles. The number of ether oxygens (including phenoxy) is 1. The second-order valence-electron chi connectivity index (χ2n) is 9.19. The van der Waals surface area contributed by atoms with Gasteiger partial charge in [0.15, 0.2) is 0 Å². The molecular formula is C26H48N2O5. The number of carboxylic acid groups (broad SMARTS) is 1. The van der Waals surface area contributed by atoms with Gasteiger partial charge < -0.3 is 15.6 Å². The maximum atomic E-state index is 12.1. The molecule has 0 saturated heterocycles. The molecule has 0 aliphatic carbocycles. The van der Waals surface area contributed by atoms with Crippen LogP contribution in [0.2, 0.25) is 0 Å². The molecule has 7 heteroatoms. The number of rotatable bonds is 22. The number of nitrogens with zero attached hydrogens (tertiary/aromatic N) is 1. The third-order valence-electron chi connectivity index (χ3n) is 6.11. The van der Waals surface area contributed by atoms with E-state index in [9.17, 15) is 14.4 Å². The van der Waals surface area contributed by atoms with Gasteiger partial charge in [-0.3, -0.25) is 9.69 Å². The summed E-state index contributed by atoms with van der Waals surface area (Å²) in [7, 11) is 3.23. The van der Waals surface area contributed by atoms with Crippen molar-refractivity contribution in [3.63, 3.8) is 0 Å². The zero-order valence-corrected chi connectivity index (χ0v) is 21.3. The van der Waals surface area contributed by atoms with E-state index in [-0.39, 0.29) is 6.42 Å². The lowest BCUT2D eigenvalue weighted by atomic mass is 10.0. The van der Waals surface area contributed by atoms with E-state index in [0.29, 0.717) is 12.5 Å². The molecule has 33 heavy (non-hydrogen) atoms. The van der Waals surface area contributed by atoms with Crippen LogP contribution < -0.4 is 5.73 Å². The van der Waals surface area contributed by atoms with Crippen LogP contribution in [0.4, 0.5) is 0 Å². The SMILES string of the molecule is CCCCCCCCCCCCCCCCCCC(OC(=O)/C=C\C(=O)O)(C(N)=O)N(C)C. The third kappa shape index (κ3) is 15.6. The average molecular weight is 469 g/mol. The van der Waals surface area contributed by atoms with Crippen LogP contribution in [-0.2, 0) is 19.1 Å². The van der Waals surface area contributed by atoms with Crippen LogP contribution in [0.15, 0.2) is 12.2 Å². The molecular weight excluding hydrogens is 420 g/mol. The maximum absolute atomic E-state index is 12.1. The molecule has 0 spiro atoms. The molecule has 0 aromatic heterocycles. The molecule has 0 aromatic carbocycles. The lowest BCUT2D eigenvalue weighted by molar-refractivity contribution is -0.183. The standard InChI is InChI=1S/C26H48N2O5/c1-4-5-6-7-8-9-10-11-12-13-14-15-16-17-18-19-22-26(25(27)32,28(2)3)33-24(31)21-20-23(29)30/h20-21H,4-19,22H2,1-3H3,(H2,27,32)(H,29,30)/b21-20-. The van der Waals surface area contributed by atoms with Crippen LogP contribution in [0.3, 0.4) is 0 Å². The number of carbonyl (C=O) groups excluding carboxylic acids is 2. The van der Waals surface area contributed by atoms with Crippen molar-refractivity contribution in [3.8, 4) is 0 Å². The minimum Gasteiger partial charge on any atom is -0.478 e. The van der Waals surface area contributed by atoms with E-state index in [0.717, 1.165) is 25.3 Å². The van der Waals surface area contributed by atoms with E-state index in [1.165, 1.54) is 81.9 Å². The van der Waals surface area contributed by atoms with Gasteiger partial charge in [-0.15, -0.1) is 0 Å². The summed E-state index contributed by atoms with van der Waals surface area (Å²) in [5, 5.41) is 8.64. The van der Waals surface area contributed by atoms with Crippen LogP contribution in [0.1, 0.15) is 116 Å². The van der Waals surface area contributed by atoms with Crippen LogP contribution in [0, 0.1) is 0 Å². The molecule has 0 fully saturated rings. The molecule has 0 saturated carbocycles. The van der Waals surface area contributed by atoms with Crippen molar-refractivity contribution < 1.29 is 24.2 Å². The number of unbranched alkanes of at least 4 members (excludes halogenated alkanes) is 15. The first-order chi connectivity index (χ1) is 15.8. The topological polar surface area (TPSA) is 110 Å². The largest absolute Gasteiger partial charge is 0.478 e. The minimum atomic E-state index is -1.57. The van der Waals surface area contributed by atoms with Gasteiger partial charge >= 0.3 is 11.9 Å². The summed E-state index contributed by atoms with van der Waals surface area (Å²) in [5.74, 6) is -2.92. The van der Waals surface area contributed by atoms with Gasteiger partial charge in [0.1, 0.15) is 0 Å². The highest BCUT2D eigenvalue weighted by Gasteiger charge is 2.42. The van der Waals surface area contributed by atoms with Gasteiger partial charge in [0, 0.05) is 18.6 Å². The normalized spacial score (nSPS) is 13.3. The molecule has 0 aromatic rings. The van der Waals surface area contributed by atoms with E-state index >= 15 is 0 Å². The molecule has 0 rings (SSSR count). The van der Waals surface area contributed by atoms with Gasteiger partial charge in [-0.2, -0.15) is 0 Å². The van der Waals surface area contributed by atoms with Gasteiger partial charge in [-0.1, -0.05) is 103 Å². The van der Waals surface area contributed by atoms with Crippen molar-refractivity contribution in [2.45, 2.75) is 122 Å². The zero-order valence-electron chi connectivity index (χ0n) is 21.3. The fourth-order valence-corrected chi connectivity index (χ4v) is 4.01. The Hall–Kier alpha value is -1.89. The quantitative estimate of drug-likeness (QED) is 0.0931. The summed E-state index contributed by atoms with van der Waals surface area (Å²) < 4.78 is 5.30. The van der Waals surface area contributed by atoms with E-state index in [2.05, 4.69) is 6.92 Å². The molecule has 3 N–H and O–H groups in total. The van der Waals surface area contributed by atoms with Crippen LogP contribution in [-0.4, -0.2) is 47.7 Å². The summed E-state index contributed by atoms with van der Waals surface area (Å²) in [6.45, 7) is 2.26. The molecule has 1 unspecified atom stereocenters. The minimum absolute atomic E-state index is 0.278. The number of hydrogen-bond acceptors (Lipinski definition) is 5. The number of primary amides is 1. The highest BCUT2D eigenvalue weighted by Crippen LogP contribution is 2.24. The third-order valence-corrected chi connectivity index (χ3v) is 6.11. The van der Waals surface area contributed by atoms with Gasteiger partial charge in [0.05, 0.1) is 0 Å². The predicted molar refractivity (Wildman–Crippen MR) is 133 cm³/mol. The summed E-state index contributed by atoms with van der Waals surface area (Å²) in [4.78, 5) is 36.1. The molecule has 0 aliphatic heterocycles. The molecule has 7 nitrogen and oxygen atoms in total. The van der Waals surface area contributed by atoms with Gasteiger partial charge in [0.25, 0.3) is 5.91 Å². The van der Waals surface area contributed by atoms with Crippen molar-refractivity contribution in [3.05, 3.63) is 12.2 Å². The van der Waals surface area contributed by atoms with Gasteiger partial charge in [-0.05, 0) is 20.5 Å². The Labute approximate surface area is 201 Å². The molecule has 1 atom stereocenters. The van der Waals surface area contributed by atoms with Gasteiger partial charge in [0.2, 0.25) is 5.72 Å². The highest BCUT2D eigenvalue weighted by molar-refractivity contribution is 5.93. The van der Waals surface area contributed by atoms with E-state index in [4.69, 9.17) is 15.6 Å². The summed E-state index contributed by atoms with van der Waals surface area (Å²) >= 11 is 0. The lowest BCUT2D eigenvalue weighted by Gasteiger charge is -2.35. The summed E-state index contributed by atoms with van der Waals surface area (Å²) in [6.07, 6.45) is 21.7. The van der Waals surface area contributed by atoms with Crippen molar-refractivity contribution in [1.29, 1.82) is 0 Å². The van der Waals surface area contributed by atoms with E-state index in [1.54, 1.807) is 14.1 Å².